The van der Waals surface area contributed by atoms with E-state index in [-0.39, 0.29) is 0 Å². The van der Waals surface area contributed by atoms with Crippen molar-refractivity contribution in [2.75, 3.05) is 21.1 Å². The molecule has 0 aliphatic rings. The van der Waals surface area contributed by atoms with E-state index in [2.05, 4.69) is 5.32 Å². The van der Waals surface area contributed by atoms with Gasteiger partial charge in [-0.15, -0.1) is 0 Å². The number of carboxylic acid groups (broad SMARTS) is 1. The first-order chi connectivity index (χ1) is 5.45. The zero-order valence-corrected chi connectivity index (χ0v) is 7.87. The molecule has 0 rings (SSSR count). The van der Waals surface area contributed by atoms with E-state index in [0.717, 1.165) is 6.41 Å². The largest absolute Gasteiger partial charge is 0.480 e. The molecule has 0 unspecified atom stereocenters. The van der Waals surface area contributed by atoms with Crippen LogP contribution < -0.4 is 5.32 Å². The van der Waals surface area contributed by atoms with Crippen LogP contribution in [0.2, 0.25) is 0 Å². The Hall–Kier alpha value is -1.10. The molecular weight excluding hydrogens is 160 g/mol. The maximum absolute atomic E-state index is 9.87. The molecule has 0 heterocycles. The van der Waals surface area contributed by atoms with Gasteiger partial charge < -0.3 is 15.3 Å². The molecule has 0 aromatic carbocycles. The second kappa shape index (κ2) is 8.00. The van der Waals surface area contributed by atoms with E-state index in [1.807, 2.05) is 0 Å². The second-order valence-corrected chi connectivity index (χ2v) is 2.42. The van der Waals surface area contributed by atoms with Crippen molar-refractivity contribution in [2.45, 2.75) is 13.0 Å². The third-order valence-electron chi connectivity index (χ3n) is 1.01. The highest BCUT2D eigenvalue weighted by atomic mass is 16.4. The molecule has 0 saturated heterocycles. The zero-order chi connectivity index (χ0) is 10.1. The maximum atomic E-state index is 9.87. The Labute approximate surface area is 72.4 Å². The molecule has 72 valence electrons. The molecular formula is C7H16N2O3. The smallest absolute Gasteiger partial charge is 0.320 e. The van der Waals surface area contributed by atoms with Gasteiger partial charge in [0.2, 0.25) is 6.41 Å². The SMILES string of the molecule is CN(C)C=O.CN[C@@H](C)C(=O)O. The van der Waals surface area contributed by atoms with Gasteiger partial charge in [-0.2, -0.15) is 0 Å². The van der Waals surface area contributed by atoms with Crippen LogP contribution in [0.15, 0.2) is 0 Å². The van der Waals surface area contributed by atoms with E-state index < -0.39 is 12.0 Å². The van der Waals surface area contributed by atoms with E-state index in [1.165, 1.54) is 4.90 Å². The Morgan fingerprint density at radius 2 is 1.92 bits per heavy atom. The predicted molar refractivity (Wildman–Crippen MR) is 45.9 cm³/mol. The summed E-state index contributed by atoms with van der Waals surface area (Å²) >= 11 is 0. The molecule has 2 N–H and O–H groups in total. The van der Waals surface area contributed by atoms with E-state index in [9.17, 15) is 9.59 Å². The van der Waals surface area contributed by atoms with Crippen molar-refractivity contribution >= 4 is 12.4 Å². The van der Waals surface area contributed by atoms with Gasteiger partial charge in [0.15, 0.2) is 0 Å². The summed E-state index contributed by atoms with van der Waals surface area (Å²) < 4.78 is 0. The van der Waals surface area contributed by atoms with Crippen LogP contribution in [0.1, 0.15) is 6.92 Å². The lowest BCUT2D eigenvalue weighted by Gasteiger charge is -1.99. The molecule has 5 nitrogen and oxygen atoms in total. The number of carbonyl (C=O) groups excluding carboxylic acids is 1. The topological polar surface area (TPSA) is 69.6 Å². The third kappa shape index (κ3) is 11.7. The molecule has 1 amide bonds. The standard InChI is InChI=1S/C4H9NO2.C3H7NO/c1-3(5-2)4(6)7;1-4(2)3-5/h3,5H,1-2H3,(H,6,7);3H,1-2H3/t3-;/m0./s1. The molecule has 0 fully saturated rings. The molecule has 12 heavy (non-hydrogen) atoms. The molecule has 0 radical (unpaired) electrons. The Morgan fingerprint density at radius 1 is 1.58 bits per heavy atom. The minimum atomic E-state index is -0.817. The average molecular weight is 176 g/mol. The summed E-state index contributed by atoms with van der Waals surface area (Å²) in [5.41, 5.74) is 0. The number of nitrogens with zero attached hydrogens (tertiary/aromatic N) is 1. The van der Waals surface area contributed by atoms with Gasteiger partial charge in [-0.05, 0) is 14.0 Å². The minimum absolute atomic E-state index is 0.431. The summed E-state index contributed by atoms with van der Waals surface area (Å²) in [5.74, 6) is -0.817. The number of carbonyl (C=O) groups is 2. The van der Waals surface area contributed by atoms with Gasteiger partial charge in [0.05, 0.1) is 0 Å². The van der Waals surface area contributed by atoms with Crippen molar-refractivity contribution in [3.8, 4) is 0 Å². The molecule has 0 spiro atoms. The van der Waals surface area contributed by atoms with Gasteiger partial charge in [0, 0.05) is 14.1 Å². The molecule has 0 aliphatic heterocycles. The summed E-state index contributed by atoms with van der Waals surface area (Å²) in [4.78, 5) is 20.7. The highest BCUT2D eigenvalue weighted by molar-refractivity contribution is 5.72. The van der Waals surface area contributed by atoms with E-state index in [4.69, 9.17) is 5.11 Å². The lowest BCUT2D eigenvalue weighted by molar-refractivity contribution is -0.138. The van der Waals surface area contributed by atoms with Gasteiger partial charge in [-0.3, -0.25) is 9.59 Å². The van der Waals surface area contributed by atoms with Gasteiger partial charge >= 0.3 is 5.97 Å². The second-order valence-electron chi connectivity index (χ2n) is 2.42. The molecule has 0 aromatic heterocycles. The molecule has 0 bridgehead atoms. The van der Waals surface area contributed by atoms with Crippen LogP contribution >= 0.6 is 0 Å². The fraction of sp³-hybridized carbons (Fsp3) is 0.714. The van der Waals surface area contributed by atoms with Crippen LogP contribution in [0.4, 0.5) is 0 Å². The first-order valence-electron chi connectivity index (χ1n) is 3.47. The van der Waals surface area contributed by atoms with Crippen molar-refractivity contribution < 1.29 is 14.7 Å². The van der Waals surface area contributed by atoms with E-state index >= 15 is 0 Å². The Bertz CT molecular complexity index is 137. The van der Waals surface area contributed by atoms with Crippen molar-refractivity contribution in [1.82, 2.24) is 10.2 Å². The van der Waals surface area contributed by atoms with Crippen LogP contribution in [-0.2, 0) is 9.59 Å². The number of amides is 1. The van der Waals surface area contributed by atoms with Crippen LogP contribution in [0, 0.1) is 0 Å². The van der Waals surface area contributed by atoms with Crippen LogP contribution in [0.5, 0.6) is 0 Å². The van der Waals surface area contributed by atoms with E-state index in [0.29, 0.717) is 0 Å². The minimum Gasteiger partial charge on any atom is -0.480 e. The van der Waals surface area contributed by atoms with E-state index in [1.54, 1.807) is 28.1 Å². The number of hydrogen-bond donors (Lipinski definition) is 2. The Kier molecular flexibility index (Phi) is 8.99. The van der Waals surface area contributed by atoms with Crippen LogP contribution in [0.3, 0.4) is 0 Å². The fourth-order valence-electron chi connectivity index (χ4n) is 0.123. The number of aliphatic carboxylic acids is 1. The van der Waals surface area contributed by atoms with Crippen molar-refractivity contribution in [2.24, 2.45) is 0 Å². The zero-order valence-electron chi connectivity index (χ0n) is 7.87. The van der Waals surface area contributed by atoms with Crippen molar-refractivity contribution in [3.05, 3.63) is 0 Å². The highest BCUT2D eigenvalue weighted by Gasteiger charge is 2.04. The third-order valence-corrected chi connectivity index (χ3v) is 1.01. The Balaban J connectivity index is 0. The number of likely N-dealkylation sites (N-methyl/N-ethyl adjacent to an activating group) is 1. The van der Waals surface area contributed by atoms with Crippen molar-refractivity contribution in [3.63, 3.8) is 0 Å². The first-order valence-corrected chi connectivity index (χ1v) is 3.47. The number of carboxylic acids is 1. The molecule has 0 saturated carbocycles. The summed E-state index contributed by atoms with van der Waals surface area (Å²) in [7, 11) is 4.98. The number of nitrogens with one attached hydrogen (secondary N) is 1. The highest BCUT2D eigenvalue weighted by Crippen LogP contribution is 1.74. The summed E-state index contributed by atoms with van der Waals surface area (Å²) in [5, 5.41) is 10.7. The summed E-state index contributed by atoms with van der Waals surface area (Å²) in [6.45, 7) is 1.59. The number of hydrogen-bond acceptors (Lipinski definition) is 3. The Morgan fingerprint density at radius 3 is 1.92 bits per heavy atom. The van der Waals surface area contributed by atoms with Crippen LogP contribution in [0.25, 0.3) is 0 Å². The number of rotatable bonds is 3. The maximum Gasteiger partial charge on any atom is 0.320 e. The van der Waals surface area contributed by atoms with Gasteiger partial charge in [0.25, 0.3) is 0 Å². The lowest BCUT2D eigenvalue weighted by Crippen LogP contribution is -2.29. The summed E-state index contributed by atoms with van der Waals surface area (Å²) in [6.07, 6.45) is 0.750. The predicted octanol–water partition coefficient (Wildman–Crippen LogP) is -0.617. The van der Waals surface area contributed by atoms with Gasteiger partial charge in [-0.25, -0.2) is 0 Å². The van der Waals surface area contributed by atoms with Crippen LogP contribution in [-0.4, -0.2) is 49.6 Å². The fourth-order valence-corrected chi connectivity index (χ4v) is 0.123. The summed E-state index contributed by atoms with van der Waals surface area (Å²) in [6, 6.07) is -0.431. The van der Waals surface area contributed by atoms with Crippen molar-refractivity contribution in [1.29, 1.82) is 0 Å². The molecule has 1 atom stereocenters. The monoisotopic (exact) mass is 176 g/mol. The quantitative estimate of drug-likeness (QED) is 0.562. The molecule has 5 heteroatoms. The normalized spacial score (nSPS) is 10.7. The molecule has 0 aromatic rings. The molecule has 0 aliphatic carbocycles. The van der Waals surface area contributed by atoms with Gasteiger partial charge in [-0.1, -0.05) is 0 Å². The van der Waals surface area contributed by atoms with Gasteiger partial charge in [0.1, 0.15) is 6.04 Å². The first kappa shape index (κ1) is 13.5. The average Bonchev–Trinajstić information content (AvgIpc) is 2.04. The lowest BCUT2D eigenvalue weighted by atomic mass is 10.4.